The summed E-state index contributed by atoms with van der Waals surface area (Å²) in [4.78, 5) is 0. The SMILES string of the molecule is Oc1c2c(c(O)n1-c1cccc(C(F)(F)F)c1)[C@@H]1C[C@H]2[C@H]2C[C@H]21. The highest BCUT2D eigenvalue weighted by Gasteiger charge is 2.62. The van der Waals surface area contributed by atoms with E-state index in [0.29, 0.717) is 11.8 Å². The molecule has 0 amide bonds. The van der Waals surface area contributed by atoms with Gasteiger partial charge in [-0.2, -0.15) is 13.2 Å². The van der Waals surface area contributed by atoms with E-state index in [0.717, 1.165) is 40.7 Å². The first-order valence-electron chi connectivity index (χ1n) is 7.72. The monoisotopic (exact) mass is 321 g/mol. The highest BCUT2D eigenvalue weighted by Crippen LogP contribution is 2.74. The van der Waals surface area contributed by atoms with Crippen molar-refractivity contribution in [3.8, 4) is 17.4 Å². The highest BCUT2D eigenvalue weighted by molar-refractivity contribution is 5.61. The van der Waals surface area contributed by atoms with Crippen LogP contribution in [0.3, 0.4) is 0 Å². The summed E-state index contributed by atoms with van der Waals surface area (Å²) in [6.45, 7) is 0. The summed E-state index contributed by atoms with van der Waals surface area (Å²) in [5, 5.41) is 21.1. The van der Waals surface area contributed by atoms with Crippen LogP contribution in [0, 0.1) is 11.8 Å². The van der Waals surface area contributed by atoms with Crippen molar-refractivity contribution in [1.82, 2.24) is 4.57 Å². The van der Waals surface area contributed by atoms with Gasteiger partial charge >= 0.3 is 6.18 Å². The van der Waals surface area contributed by atoms with Gasteiger partial charge in [-0.15, -0.1) is 0 Å². The van der Waals surface area contributed by atoms with Crippen LogP contribution in [0.1, 0.15) is 41.4 Å². The van der Waals surface area contributed by atoms with E-state index in [1.54, 1.807) is 0 Å². The summed E-state index contributed by atoms with van der Waals surface area (Å²) in [6, 6.07) is 4.69. The van der Waals surface area contributed by atoms with Crippen LogP contribution in [0.25, 0.3) is 5.69 Å². The van der Waals surface area contributed by atoms with Gasteiger partial charge in [0.15, 0.2) is 0 Å². The molecule has 3 nitrogen and oxygen atoms in total. The average Bonchev–Trinajstić information content (AvgIpc) is 3.01. The largest absolute Gasteiger partial charge is 0.494 e. The lowest BCUT2D eigenvalue weighted by atomic mass is 9.95. The van der Waals surface area contributed by atoms with Crippen LogP contribution in [-0.4, -0.2) is 14.8 Å². The van der Waals surface area contributed by atoms with Gasteiger partial charge in [0, 0.05) is 11.1 Å². The topological polar surface area (TPSA) is 45.4 Å². The van der Waals surface area contributed by atoms with E-state index in [2.05, 4.69) is 0 Å². The Balaban J connectivity index is 1.68. The van der Waals surface area contributed by atoms with Gasteiger partial charge in [0.05, 0.1) is 11.3 Å². The predicted molar refractivity (Wildman–Crippen MR) is 75.8 cm³/mol. The molecule has 4 atom stereocenters. The Labute approximate surface area is 130 Å². The molecule has 23 heavy (non-hydrogen) atoms. The number of rotatable bonds is 1. The Morgan fingerprint density at radius 3 is 2.13 bits per heavy atom. The van der Waals surface area contributed by atoms with Crippen molar-refractivity contribution >= 4 is 0 Å². The van der Waals surface area contributed by atoms with E-state index in [4.69, 9.17) is 0 Å². The van der Waals surface area contributed by atoms with Crippen molar-refractivity contribution in [2.24, 2.45) is 11.8 Å². The van der Waals surface area contributed by atoms with Crippen LogP contribution < -0.4 is 0 Å². The smallest absolute Gasteiger partial charge is 0.416 e. The fourth-order valence-electron chi connectivity index (χ4n) is 4.83. The predicted octanol–water partition coefficient (Wildman–Crippen LogP) is 4.13. The minimum atomic E-state index is -4.46. The molecule has 1 aromatic heterocycles. The summed E-state index contributed by atoms with van der Waals surface area (Å²) in [7, 11) is 0. The Morgan fingerprint density at radius 2 is 1.57 bits per heavy atom. The van der Waals surface area contributed by atoms with Gasteiger partial charge < -0.3 is 10.2 Å². The molecule has 2 saturated carbocycles. The third-order valence-electron chi connectivity index (χ3n) is 5.80. The number of halogens is 3. The van der Waals surface area contributed by atoms with Crippen LogP contribution in [0.5, 0.6) is 11.8 Å². The molecule has 5 rings (SSSR count). The molecular weight excluding hydrogens is 307 g/mol. The van der Waals surface area contributed by atoms with Gasteiger partial charge in [0.25, 0.3) is 0 Å². The van der Waals surface area contributed by atoms with E-state index in [9.17, 15) is 23.4 Å². The van der Waals surface area contributed by atoms with Crippen molar-refractivity contribution in [2.75, 3.05) is 0 Å². The highest BCUT2D eigenvalue weighted by atomic mass is 19.4. The van der Waals surface area contributed by atoms with Gasteiger partial charge in [-0.3, -0.25) is 4.57 Å². The van der Waals surface area contributed by atoms with Crippen LogP contribution in [0.15, 0.2) is 24.3 Å². The summed E-state index contributed by atoms with van der Waals surface area (Å²) in [6.07, 6.45) is -2.38. The molecule has 3 aliphatic rings. The second-order valence-corrected chi connectivity index (χ2v) is 6.87. The number of hydrogen-bond acceptors (Lipinski definition) is 2. The quantitative estimate of drug-likeness (QED) is 0.829. The fraction of sp³-hybridized carbons (Fsp3) is 0.412. The summed E-state index contributed by atoms with van der Waals surface area (Å²) >= 11 is 0. The average molecular weight is 321 g/mol. The molecule has 2 fully saturated rings. The molecule has 2 bridgehead atoms. The lowest BCUT2D eigenvalue weighted by Crippen LogP contribution is -2.06. The molecule has 120 valence electrons. The number of nitrogens with zero attached hydrogens (tertiary/aromatic N) is 1. The fourth-order valence-corrected chi connectivity index (χ4v) is 4.83. The normalized spacial score (nSPS) is 30.4. The minimum absolute atomic E-state index is 0.102. The summed E-state index contributed by atoms with van der Waals surface area (Å²) in [5.74, 6) is 1.45. The maximum atomic E-state index is 12.9. The molecule has 0 radical (unpaired) electrons. The standard InChI is InChI=1S/C17H14F3NO2/c18-17(19,20)7-2-1-3-8(4-7)21-15(22)13-11-6-12(10-5-9(10)11)14(13)16(21)23/h1-4,9-12,22-23H,5-6H2/t9-,10+,11-,12+. The number of benzene rings is 1. The third-order valence-corrected chi connectivity index (χ3v) is 5.80. The maximum Gasteiger partial charge on any atom is 0.416 e. The molecule has 2 N–H and O–H groups in total. The van der Waals surface area contributed by atoms with Crippen LogP contribution in [0.2, 0.25) is 0 Å². The van der Waals surface area contributed by atoms with Gasteiger partial charge in [-0.05, 0) is 54.7 Å². The van der Waals surface area contributed by atoms with Crippen LogP contribution in [0.4, 0.5) is 13.2 Å². The number of aromatic hydroxyl groups is 2. The molecule has 6 heteroatoms. The molecule has 0 aliphatic heterocycles. The zero-order chi connectivity index (χ0) is 16.1. The molecule has 3 aliphatic carbocycles. The molecule has 0 spiro atoms. The van der Waals surface area contributed by atoms with E-state index in [1.807, 2.05) is 0 Å². The zero-order valence-corrected chi connectivity index (χ0v) is 12.0. The summed E-state index contributed by atoms with van der Waals surface area (Å²) < 4.78 is 39.9. The lowest BCUT2D eigenvalue weighted by Gasteiger charge is -2.13. The Hall–Kier alpha value is -2.11. The molecule has 1 aromatic carbocycles. The van der Waals surface area contributed by atoms with Gasteiger partial charge in [0.1, 0.15) is 0 Å². The van der Waals surface area contributed by atoms with Crippen molar-refractivity contribution in [3.63, 3.8) is 0 Å². The van der Waals surface area contributed by atoms with Gasteiger partial charge in [0.2, 0.25) is 11.8 Å². The first-order valence-corrected chi connectivity index (χ1v) is 7.72. The Morgan fingerprint density at radius 1 is 0.957 bits per heavy atom. The second-order valence-electron chi connectivity index (χ2n) is 6.87. The van der Waals surface area contributed by atoms with Crippen molar-refractivity contribution in [1.29, 1.82) is 0 Å². The Bertz CT molecular complexity index is 802. The first kappa shape index (κ1) is 13.3. The van der Waals surface area contributed by atoms with Gasteiger partial charge in [-0.1, -0.05) is 6.07 Å². The third kappa shape index (κ3) is 1.56. The molecule has 0 saturated heterocycles. The van der Waals surface area contributed by atoms with E-state index in [1.165, 1.54) is 12.1 Å². The van der Waals surface area contributed by atoms with Crippen LogP contribution in [-0.2, 0) is 6.18 Å². The number of aromatic nitrogens is 1. The number of hydrogen-bond donors (Lipinski definition) is 2. The number of fused-ring (bicyclic) bond motifs is 8. The first-order chi connectivity index (χ1) is 10.9. The number of alkyl halides is 3. The van der Waals surface area contributed by atoms with Crippen molar-refractivity contribution in [3.05, 3.63) is 41.0 Å². The minimum Gasteiger partial charge on any atom is -0.494 e. The van der Waals surface area contributed by atoms with E-state index < -0.39 is 11.7 Å². The zero-order valence-electron chi connectivity index (χ0n) is 12.0. The van der Waals surface area contributed by atoms with Crippen molar-refractivity contribution in [2.45, 2.75) is 30.9 Å². The van der Waals surface area contributed by atoms with Crippen LogP contribution >= 0.6 is 0 Å². The Kier molecular flexibility index (Phi) is 2.24. The molecule has 1 heterocycles. The van der Waals surface area contributed by atoms with Crippen molar-refractivity contribution < 1.29 is 23.4 Å². The van der Waals surface area contributed by atoms with Gasteiger partial charge in [-0.25, -0.2) is 0 Å². The lowest BCUT2D eigenvalue weighted by molar-refractivity contribution is -0.137. The van der Waals surface area contributed by atoms with E-state index in [-0.39, 0.29) is 29.3 Å². The molecular formula is C17H14F3NO2. The molecule has 0 unspecified atom stereocenters. The van der Waals surface area contributed by atoms with E-state index >= 15 is 0 Å². The molecule has 2 aromatic rings. The summed E-state index contributed by atoms with van der Waals surface area (Å²) in [5.41, 5.74) is 0.845. The maximum absolute atomic E-state index is 12.9. The second kappa shape index (κ2) is 3.86.